The summed E-state index contributed by atoms with van der Waals surface area (Å²) in [4.78, 5) is 15.9. The minimum Gasteiger partial charge on any atom is -0.473 e. The van der Waals surface area contributed by atoms with Crippen LogP contribution in [0.15, 0.2) is 35.1 Å². The summed E-state index contributed by atoms with van der Waals surface area (Å²) in [6.45, 7) is 2.75. The van der Waals surface area contributed by atoms with Crippen LogP contribution in [0.5, 0.6) is 5.88 Å². The first kappa shape index (κ1) is 22.4. The maximum Gasteiger partial charge on any atom is 0.244 e. The molecule has 0 aliphatic carbocycles. The number of carbonyl (C=O) groups excluding carboxylic acids is 1. The van der Waals surface area contributed by atoms with E-state index in [1.54, 1.807) is 0 Å². The number of nitrogens with zero attached hydrogens (tertiary/aromatic N) is 2. The number of pyridine rings is 1. The molecule has 0 amide bonds. The highest BCUT2D eigenvalue weighted by molar-refractivity contribution is 7.89. The monoisotopic (exact) mass is 413 g/mol. The van der Waals surface area contributed by atoms with E-state index in [9.17, 15) is 17.6 Å². The molecule has 2 heterocycles. The van der Waals surface area contributed by atoms with Crippen molar-refractivity contribution in [3.8, 4) is 5.88 Å². The third kappa shape index (κ3) is 6.08. The molecule has 7 nitrogen and oxygen atoms in total. The zero-order valence-electron chi connectivity index (χ0n) is 16.1. The SMILES string of the molecule is CCCC(=O)CC1CCN(S(=O)(=O)c2ccc(OC/C(=C\F)CN)nc2)CC1. The van der Waals surface area contributed by atoms with Gasteiger partial charge in [0.15, 0.2) is 0 Å². The van der Waals surface area contributed by atoms with Crippen LogP contribution in [0.2, 0.25) is 0 Å². The summed E-state index contributed by atoms with van der Waals surface area (Å²) in [6.07, 6.45) is 4.96. The Balaban J connectivity index is 1.93. The minimum absolute atomic E-state index is 0.0307. The van der Waals surface area contributed by atoms with E-state index in [0.29, 0.717) is 45.1 Å². The first-order chi connectivity index (χ1) is 13.4. The Kier molecular flexibility index (Phi) is 8.53. The van der Waals surface area contributed by atoms with Crippen molar-refractivity contribution >= 4 is 15.8 Å². The van der Waals surface area contributed by atoms with Gasteiger partial charge in [0.2, 0.25) is 15.9 Å². The predicted molar refractivity (Wildman–Crippen MR) is 104 cm³/mol. The molecule has 0 unspecified atom stereocenters. The molecule has 1 saturated heterocycles. The highest BCUT2D eigenvalue weighted by atomic mass is 32.2. The second-order valence-electron chi connectivity index (χ2n) is 6.93. The lowest BCUT2D eigenvalue weighted by Crippen LogP contribution is -2.38. The van der Waals surface area contributed by atoms with Crippen molar-refractivity contribution < 1.29 is 22.3 Å². The van der Waals surface area contributed by atoms with Crippen LogP contribution in [0.3, 0.4) is 0 Å². The summed E-state index contributed by atoms with van der Waals surface area (Å²) in [6, 6.07) is 2.87. The molecule has 156 valence electrons. The van der Waals surface area contributed by atoms with Gasteiger partial charge in [-0.1, -0.05) is 6.92 Å². The van der Waals surface area contributed by atoms with Gasteiger partial charge < -0.3 is 10.5 Å². The zero-order chi connectivity index (χ0) is 20.6. The number of sulfonamides is 1. The second-order valence-corrected chi connectivity index (χ2v) is 8.87. The number of halogens is 1. The van der Waals surface area contributed by atoms with Gasteiger partial charge in [-0.3, -0.25) is 4.79 Å². The minimum atomic E-state index is -3.64. The largest absolute Gasteiger partial charge is 0.473 e. The third-order valence-electron chi connectivity index (χ3n) is 4.79. The summed E-state index contributed by atoms with van der Waals surface area (Å²) >= 11 is 0. The zero-order valence-corrected chi connectivity index (χ0v) is 17.0. The Morgan fingerprint density at radius 1 is 1.39 bits per heavy atom. The predicted octanol–water partition coefficient (Wildman–Crippen LogP) is 2.43. The highest BCUT2D eigenvalue weighted by Gasteiger charge is 2.30. The highest BCUT2D eigenvalue weighted by Crippen LogP contribution is 2.26. The molecule has 0 atom stereocenters. The molecule has 1 aliphatic rings. The van der Waals surface area contributed by atoms with E-state index in [1.165, 1.54) is 22.6 Å². The molecule has 1 aliphatic heterocycles. The van der Waals surface area contributed by atoms with E-state index in [1.807, 2.05) is 6.92 Å². The summed E-state index contributed by atoms with van der Waals surface area (Å²) in [5.74, 6) is 0.698. The van der Waals surface area contributed by atoms with Crippen LogP contribution >= 0.6 is 0 Å². The number of ether oxygens (including phenoxy) is 1. The molecule has 0 bridgehead atoms. The number of rotatable bonds is 10. The van der Waals surface area contributed by atoms with Gasteiger partial charge in [0.25, 0.3) is 0 Å². The molecule has 2 N–H and O–H groups in total. The van der Waals surface area contributed by atoms with E-state index in [-0.39, 0.29) is 41.2 Å². The Labute approximate surface area is 165 Å². The molecule has 0 spiro atoms. The molecule has 0 aromatic carbocycles. The van der Waals surface area contributed by atoms with Gasteiger partial charge in [-0.25, -0.2) is 17.8 Å². The lowest BCUT2D eigenvalue weighted by molar-refractivity contribution is -0.120. The normalized spacial score (nSPS) is 16.9. The van der Waals surface area contributed by atoms with Crippen molar-refractivity contribution in [3.05, 3.63) is 30.2 Å². The fourth-order valence-corrected chi connectivity index (χ4v) is 4.53. The first-order valence-corrected chi connectivity index (χ1v) is 10.9. The van der Waals surface area contributed by atoms with Crippen molar-refractivity contribution in [2.45, 2.75) is 43.9 Å². The van der Waals surface area contributed by atoms with Gasteiger partial charge in [-0.05, 0) is 31.2 Å². The van der Waals surface area contributed by atoms with Crippen LogP contribution in [-0.2, 0) is 14.8 Å². The number of carbonyl (C=O) groups is 1. The first-order valence-electron chi connectivity index (χ1n) is 9.49. The fourth-order valence-electron chi connectivity index (χ4n) is 3.11. The number of Topliss-reactive ketones (excluding diaryl/α,β-unsaturated/α-hetero) is 1. The molecular formula is C19H28FN3O4S. The van der Waals surface area contributed by atoms with E-state index < -0.39 is 10.0 Å². The Bertz CT molecular complexity index is 773. The van der Waals surface area contributed by atoms with Crippen molar-refractivity contribution in [2.75, 3.05) is 26.2 Å². The van der Waals surface area contributed by atoms with E-state index in [2.05, 4.69) is 4.98 Å². The average molecular weight is 414 g/mol. The number of hydrogen-bond donors (Lipinski definition) is 1. The molecule has 0 radical (unpaired) electrons. The summed E-state index contributed by atoms with van der Waals surface area (Å²) in [5, 5.41) is 0. The second kappa shape index (κ2) is 10.6. The molecule has 2 rings (SSSR count). The Hall–Kier alpha value is -1.84. The molecule has 1 aromatic heterocycles. The summed E-state index contributed by atoms with van der Waals surface area (Å²) < 4.78 is 44.8. The topological polar surface area (TPSA) is 103 Å². The van der Waals surface area contributed by atoms with Gasteiger partial charge in [0.1, 0.15) is 17.3 Å². The summed E-state index contributed by atoms with van der Waals surface area (Å²) in [5.41, 5.74) is 5.63. The van der Waals surface area contributed by atoms with Crippen molar-refractivity contribution in [2.24, 2.45) is 11.7 Å². The lowest BCUT2D eigenvalue weighted by atomic mass is 9.91. The van der Waals surface area contributed by atoms with Gasteiger partial charge in [-0.15, -0.1) is 0 Å². The smallest absolute Gasteiger partial charge is 0.244 e. The maximum atomic E-state index is 12.8. The van der Waals surface area contributed by atoms with Gasteiger partial charge in [-0.2, -0.15) is 4.31 Å². The van der Waals surface area contributed by atoms with E-state index in [0.717, 1.165) is 6.42 Å². The molecule has 9 heteroatoms. The standard InChI is InChI=1S/C19H28FN3O4S/c1-2-3-17(24)10-15-6-8-23(9-7-15)28(25,26)18-4-5-19(22-13-18)27-14-16(11-20)12-21/h4-5,11,13,15H,2-3,6-10,12,14,21H2,1H3/b16-11-. The lowest BCUT2D eigenvalue weighted by Gasteiger charge is -2.30. The molecule has 1 aromatic rings. The van der Waals surface area contributed by atoms with Gasteiger partial charge in [0.05, 0.1) is 12.5 Å². The molecular weight excluding hydrogens is 385 g/mol. The van der Waals surface area contributed by atoms with Crippen LogP contribution in [-0.4, -0.2) is 49.7 Å². The van der Waals surface area contributed by atoms with Crippen LogP contribution in [0.25, 0.3) is 0 Å². The molecule has 1 fully saturated rings. The number of piperidine rings is 1. The van der Waals surface area contributed by atoms with Crippen LogP contribution in [0.1, 0.15) is 39.0 Å². The number of hydrogen-bond acceptors (Lipinski definition) is 6. The van der Waals surface area contributed by atoms with Crippen molar-refractivity contribution in [3.63, 3.8) is 0 Å². The molecule has 28 heavy (non-hydrogen) atoms. The Morgan fingerprint density at radius 3 is 2.64 bits per heavy atom. The van der Waals surface area contributed by atoms with E-state index in [4.69, 9.17) is 10.5 Å². The quantitative estimate of drug-likeness (QED) is 0.632. The number of ketones is 1. The van der Waals surface area contributed by atoms with Gasteiger partial charge in [0, 0.05) is 44.1 Å². The van der Waals surface area contributed by atoms with Crippen LogP contribution < -0.4 is 10.5 Å². The van der Waals surface area contributed by atoms with Crippen molar-refractivity contribution in [1.29, 1.82) is 0 Å². The number of nitrogens with two attached hydrogens (primary N) is 1. The maximum absolute atomic E-state index is 12.8. The van der Waals surface area contributed by atoms with E-state index >= 15 is 0 Å². The summed E-state index contributed by atoms with van der Waals surface area (Å²) in [7, 11) is -3.64. The van der Waals surface area contributed by atoms with Gasteiger partial charge >= 0.3 is 0 Å². The average Bonchev–Trinajstić information content (AvgIpc) is 2.70. The van der Waals surface area contributed by atoms with Crippen molar-refractivity contribution in [1.82, 2.24) is 9.29 Å². The molecule has 0 saturated carbocycles. The van der Waals surface area contributed by atoms with Crippen LogP contribution in [0.4, 0.5) is 4.39 Å². The Morgan fingerprint density at radius 2 is 2.11 bits per heavy atom. The van der Waals surface area contributed by atoms with Crippen LogP contribution in [0, 0.1) is 5.92 Å². The number of aromatic nitrogens is 1. The fraction of sp³-hybridized carbons (Fsp3) is 0.579. The third-order valence-corrected chi connectivity index (χ3v) is 6.67.